The van der Waals surface area contributed by atoms with Crippen molar-refractivity contribution in [3.05, 3.63) is 48.0 Å². The quantitative estimate of drug-likeness (QED) is 0.403. The number of fused-ring (bicyclic) bond motifs is 1. The van der Waals surface area contributed by atoms with Crippen LogP contribution in [0.15, 0.2) is 47.6 Å². The average Bonchev–Trinajstić information content (AvgIpc) is 3.04. The molecule has 6 nitrogen and oxygen atoms in total. The summed E-state index contributed by atoms with van der Waals surface area (Å²) in [4.78, 5) is 4.58. The summed E-state index contributed by atoms with van der Waals surface area (Å²) in [6.45, 7) is 3.04. The van der Waals surface area contributed by atoms with Crippen molar-refractivity contribution in [3.8, 4) is 23.8 Å². The Morgan fingerprint density at radius 2 is 2.15 bits per heavy atom. The van der Waals surface area contributed by atoms with Gasteiger partial charge in [0.1, 0.15) is 18.1 Å². The summed E-state index contributed by atoms with van der Waals surface area (Å²) in [6.07, 6.45) is 6.93. The number of terminal acetylenes is 1. The third kappa shape index (κ3) is 3.62. The van der Waals surface area contributed by atoms with Gasteiger partial charge in [0.2, 0.25) is 5.95 Å². The monoisotopic (exact) mass is 348 g/mol. The van der Waals surface area contributed by atoms with E-state index in [0.29, 0.717) is 17.4 Å². The Kier molecular flexibility index (Phi) is 5.40. The Balaban J connectivity index is 1.85. The van der Waals surface area contributed by atoms with Crippen molar-refractivity contribution in [1.29, 1.82) is 0 Å². The number of methoxy groups -OCH3 is 1. The van der Waals surface area contributed by atoms with Gasteiger partial charge in [-0.3, -0.25) is 0 Å². The summed E-state index contributed by atoms with van der Waals surface area (Å²) >= 11 is 0. The van der Waals surface area contributed by atoms with Crippen molar-refractivity contribution in [2.45, 2.75) is 13.5 Å². The lowest BCUT2D eigenvalue weighted by molar-refractivity contribution is 0.367. The SMILES string of the molecule is C#CCOc1ccc(OC)cc1/C=N\Nc1nc2ccccc2n1CC. The number of ether oxygens (including phenoxy) is 2. The molecule has 1 N–H and O–H groups in total. The van der Waals surface area contributed by atoms with Gasteiger partial charge in [0.05, 0.1) is 24.4 Å². The highest BCUT2D eigenvalue weighted by molar-refractivity contribution is 5.85. The smallest absolute Gasteiger partial charge is 0.224 e. The number of benzene rings is 2. The van der Waals surface area contributed by atoms with Crippen LogP contribution in [0.4, 0.5) is 5.95 Å². The van der Waals surface area contributed by atoms with E-state index in [2.05, 4.69) is 32.9 Å². The van der Waals surface area contributed by atoms with E-state index in [1.165, 1.54) is 0 Å². The van der Waals surface area contributed by atoms with Crippen LogP contribution < -0.4 is 14.9 Å². The Bertz CT molecular complexity index is 970. The third-order valence-electron chi connectivity index (χ3n) is 3.87. The molecule has 0 aliphatic rings. The van der Waals surface area contributed by atoms with Gasteiger partial charge in [-0.2, -0.15) is 5.10 Å². The van der Waals surface area contributed by atoms with Gasteiger partial charge in [0, 0.05) is 12.1 Å². The number of nitrogens with one attached hydrogen (secondary N) is 1. The van der Waals surface area contributed by atoms with E-state index in [4.69, 9.17) is 15.9 Å². The van der Waals surface area contributed by atoms with Gasteiger partial charge in [0.15, 0.2) is 0 Å². The minimum Gasteiger partial charge on any atom is -0.497 e. The highest BCUT2D eigenvalue weighted by Crippen LogP contribution is 2.23. The second-order valence-corrected chi connectivity index (χ2v) is 5.43. The van der Waals surface area contributed by atoms with Crippen molar-refractivity contribution in [2.75, 3.05) is 19.1 Å². The molecule has 0 aliphatic heterocycles. The summed E-state index contributed by atoms with van der Waals surface area (Å²) in [5, 5.41) is 4.31. The summed E-state index contributed by atoms with van der Waals surface area (Å²) in [7, 11) is 1.61. The number of rotatable bonds is 7. The van der Waals surface area contributed by atoms with Crippen LogP contribution in [-0.4, -0.2) is 29.5 Å². The maximum Gasteiger partial charge on any atom is 0.224 e. The maximum absolute atomic E-state index is 5.55. The van der Waals surface area contributed by atoms with Crippen LogP contribution in [0.1, 0.15) is 12.5 Å². The molecule has 3 aromatic rings. The highest BCUT2D eigenvalue weighted by Gasteiger charge is 2.08. The number of imidazole rings is 1. The lowest BCUT2D eigenvalue weighted by Crippen LogP contribution is -2.03. The Morgan fingerprint density at radius 1 is 1.31 bits per heavy atom. The van der Waals surface area contributed by atoms with Gasteiger partial charge in [-0.1, -0.05) is 18.1 Å². The van der Waals surface area contributed by atoms with Crippen LogP contribution in [-0.2, 0) is 6.54 Å². The second kappa shape index (κ2) is 8.08. The van der Waals surface area contributed by atoms with Crippen LogP contribution >= 0.6 is 0 Å². The number of aryl methyl sites for hydroxylation is 1. The van der Waals surface area contributed by atoms with Crippen molar-refractivity contribution < 1.29 is 9.47 Å². The highest BCUT2D eigenvalue weighted by atomic mass is 16.5. The zero-order valence-corrected chi connectivity index (χ0v) is 14.8. The van der Waals surface area contributed by atoms with Crippen LogP contribution in [0.2, 0.25) is 0 Å². The van der Waals surface area contributed by atoms with E-state index in [1.54, 1.807) is 19.4 Å². The van der Waals surface area contributed by atoms with Gasteiger partial charge < -0.3 is 14.0 Å². The van der Waals surface area contributed by atoms with E-state index in [1.807, 2.05) is 36.4 Å². The minimum absolute atomic E-state index is 0.187. The molecule has 0 saturated carbocycles. The van der Waals surface area contributed by atoms with E-state index >= 15 is 0 Å². The van der Waals surface area contributed by atoms with E-state index in [-0.39, 0.29) is 6.61 Å². The maximum atomic E-state index is 5.55. The summed E-state index contributed by atoms with van der Waals surface area (Å²) in [6, 6.07) is 13.4. The molecule has 0 aliphatic carbocycles. The molecule has 0 spiro atoms. The molecule has 0 fully saturated rings. The van der Waals surface area contributed by atoms with E-state index in [9.17, 15) is 0 Å². The molecule has 2 aromatic carbocycles. The van der Waals surface area contributed by atoms with Gasteiger partial charge >= 0.3 is 0 Å². The minimum atomic E-state index is 0.187. The molecule has 1 aromatic heterocycles. The van der Waals surface area contributed by atoms with Crippen molar-refractivity contribution >= 4 is 23.2 Å². The predicted octanol–water partition coefficient (Wildman–Crippen LogP) is 3.52. The van der Waals surface area contributed by atoms with Crippen molar-refractivity contribution in [2.24, 2.45) is 5.10 Å². The van der Waals surface area contributed by atoms with Crippen molar-refractivity contribution in [3.63, 3.8) is 0 Å². The largest absolute Gasteiger partial charge is 0.497 e. The number of aromatic nitrogens is 2. The number of hydrogen-bond donors (Lipinski definition) is 1. The fourth-order valence-electron chi connectivity index (χ4n) is 2.65. The Labute approximate surface area is 152 Å². The predicted molar refractivity (Wildman–Crippen MR) is 104 cm³/mol. The number of para-hydroxylation sites is 2. The standard InChI is InChI=1S/C20H20N4O2/c1-4-12-26-19-11-10-16(25-3)13-15(19)14-21-23-20-22-17-8-6-7-9-18(17)24(20)5-2/h1,6-11,13-14H,5,12H2,2-3H3,(H,22,23)/b21-14-. The van der Waals surface area contributed by atoms with Crippen LogP contribution in [0.3, 0.4) is 0 Å². The second-order valence-electron chi connectivity index (χ2n) is 5.43. The number of hydrogen-bond acceptors (Lipinski definition) is 5. The molecular formula is C20H20N4O2. The lowest BCUT2D eigenvalue weighted by atomic mass is 10.2. The molecule has 0 amide bonds. The zero-order chi connectivity index (χ0) is 18.4. The molecular weight excluding hydrogens is 328 g/mol. The fraction of sp³-hybridized carbons (Fsp3) is 0.200. The van der Waals surface area contributed by atoms with Crippen molar-refractivity contribution in [1.82, 2.24) is 9.55 Å². The van der Waals surface area contributed by atoms with E-state index in [0.717, 1.165) is 23.1 Å². The number of hydrazone groups is 1. The first kappa shape index (κ1) is 17.4. The van der Waals surface area contributed by atoms with Gasteiger partial charge in [0.25, 0.3) is 0 Å². The fourth-order valence-corrected chi connectivity index (χ4v) is 2.65. The first-order valence-corrected chi connectivity index (χ1v) is 8.25. The Hall–Kier alpha value is -3.46. The number of anilines is 1. The topological polar surface area (TPSA) is 60.7 Å². The zero-order valence-electron chi connectivity index (χ0n) is 14.8. The lowest BCUT2D eigenvalue weighted by Gasteiger charge is -2.08. The molecule has 0 atom stereocenters. The first-order chi connectivity index (χ1) is 12.8. The normalized spacial score (nSPS) is 10.8. The van der Waals surface area contributed by atoms with E-state index < -0.39 is 0 Å². The first-order valence-electron chi connectivity index (χ1n) is 8.25. The molecule has 1 heterocycles. The molecule has 0 bridgehead atoms. The summed E-state index contributed by atoms with van der Waals surface area (Å²) < 4.78 is 12.9. The molecule has 26 heavy (non-hydrogen) atoms. The van der Waals surface area contributed by atoms with Crippen LogP contribution in [0.25, 0.3) is 11.0 Å². The molecule has 0 radical (unpaired) electrons. The molecule has 3 rings (SSSR count). The number of nitrogens with zero attached hydrogens (tertiary/aromatic N) is 3. The van der Waals surface area contributed by atoms with Crippen LogP contribution in [0.5, 0.6) is 11.5 Å². The molecule has 0 unspecified atom stereocenters. The molecule has 6 heteroatoms. The average molecular weight is 348 g/mol. The van der Waals surface area contributed by atoms with Gasteiger partial charge in [-0.05, 0) is 37.3 Å². The molecule has 132 valence electrons. The summed E-state index contributed by atoms with van der Waals surface area (Å²) in [5.74, 6) is 4.48. The summed E-state index contributed by atoms with van der Waals surface area (Å²) in [5.41, 5.74) is 5.75. The van der Waals surface area contributed by atoms with Crippen LogP contribution in [0, 0.1) is 12.3 Å². The Morgan fingerprint density at radius 3 is 2.92 bits per heavy atom. The van der Waals surface area contributed by atoms with Gasteiger partial charge in [-0.25, -0.2) is 10.4 Å². The molecule has 0 saturated heterocycles. The van der Waals surface area contributed by atoms with Gasteiger partial charge in [-0.15, -0.1) is 6.42 Å². The third-order valence-corrected chi connectivity index (χ3v) is 3.87.